The van der Waals surface area contributed by atoms with Crippen molar-refractivity contribution in [1.29, 1.82) is 0 Å². The number of carbonyl (C=O) groups excluding carboxylic acids is 1. The van der Waals surface area contributed by atoms with Gasteiger partial charge in [0.1, 0.15) is 16.4 Å². The van der Waals surface area contributed by atoms with Crippen LogP contribution in [0, 0.1) is 0 Å². The van der Waals surface area contributed by atoms with E-state index in [2.05, 4.69) is 11.1 Å². The van der Waals surface area contributed by atoms with Gasteiger partial charge in [-0.05, 0) is 76.6 Å². The highest BCUT2D eigenvalue weighted by molar-refractivity contribution is 7.90. The van der Waals surface area contributed by atoms with Crippen molar-refractivity contribution in [3.05, 3.63) is 70.6 Å². The number of nitrogens with one attached hydrogen (secondary N) is 1. The monoisotopic (exact) mass is 500 g/mol. The van der Waals surface area contributed by atoms with Gasteiger partial charge in [-0.2, -0.15) is 0 Å². The van der Waals surface area contributed by atoms with Crippen LogP contribution in [0.5, 0.6) is 11.5 Å². The highest BCUT2D eigenvalue weighted by Crippen LogP contribution is 2.38. The molecule has 0 aliphatic rings. The number of phenols is 2. The second-order valence-electron chi connectivity index (χ2n) is 8.92. The fourth-order valence-electron chi connectivity index (χ4n) is 3.68. The van der Waals surface area contributed by atoms with Crippen LogP contribution in [0.2, 0.25) is 0 Å². The van der Waals surface area contributed by atoms with E-state index < -0.39 is 21.7 Å². The van der Waals surface area contributed by atoms with E-state index in [1.165, 1.54) is 36.2 Å². The average molecular weight is 501 g/mol. The number of aryl methyl sites for hydroxylation is 1. The number of aromatic hydroxyl groups is 2. The quantitative estimate of drug-likeness (QED) is 0.259. The van der Waals surface area contributed by atoms with E-state index in [9.17, 15) is 23.4 Å². The fraction of sp³-hybridized carbons (Fsp3) is 0.407. The van der Waals surface area contributed by atoms with Crippen LogP contribution in [0.3, 0.4) is 0 Å². The molecule has 2 rings (SSSR count). The summed E-state index contributed by atoms with van der Waals surface area (Å²) in [5.41, 5.74) is 2.75. The first-order chi connectivity index (χ1) is 16.6. The van der Waals surface area contributed by atoms with Crippen molar-refractivity contribution in [1.82, 2.24) is 9.71 Å². The topological polar surface area (TPSA) is 117 Å². The third-order valence-electron chi connectivity index (χ3n) is 5.63. The Hall–Kier alpha value is -3.13. The number of hydrogen-bond acceptors (Lipinski definition) is 6. The zero-order valence-corrected chi connectivity index (χ0v) is 21.8. The molecule has 0 bridgehead atoms. The summed E-state index contributed by atoms with van der Waals surface area (Å²) in [6.45, 7) is 8.05. The molecule has 0 radical (unpaired) electrons. The molecule has 0 saturated heterocycles. The molecular formula is C27H36N2O5S. The molecule has 8 heteroatoms. The van der Waals surface area contributed by atoms with Crippen molar-refractivity contribution in [2.24, 2.45) is 0 Å². The van der Waals surface area contributed by atoms with Gasteiger partial charge in [-0.25, -0.2) is 13.1 Å². The van der Waals surface area contributed by atoms with E-state index in [4.69, 9.17) is 0 Å². The number of aromatic nitrogens is 1. The Morgan fingerprint density at radius 3 is 2.51 bits per heavy atom. The van der Waals surface area contributed by atoms with Gasteiger partial charge in [0.25, 0.3) is 15.9 Å². The van der Waals surface area contributed by atoms with Gasteiger partial charge in [-0.15, -0.1) is 0 Å². The largest absolute Gasteiger partial charge is 0.508 e. The lowest BCUT2D eigenvalue weighted by molar-refractivity contribution is 0.0981. The minimum absolute atomic E-state index is 0.0806. The van der Waals surface area contributed by atoms with E-state index in [0.29, 0.717) is 12.8 Å². The highest BCUT2D eigenvalue weighted by Gasteiger charge is 2.29. The molecule has 0 fully saturated rings. The molecule has 1 aromatic carbocycles. The molecule has 0 aliphatic heterocycles. The minimum Gasteiger partial charge on any atom is -0.508 e. The van der Waals surface area contributed by atoms with Crippen molar-refractivity contribution < 1.29 is 23.4 Å². The Balaban J connectivity index is 2.44. The van der Waals surface area contributed by atoms with Crippen molar-refractivity contribution in [2.45, 2.75) is 77.5 Å². The van der Waals surface area contributed by atoms with Gasteiger partial charge >= 0.3 is 0 Å². The number of rotatable bonds is 12. The number of pyridine rings is 1. The van der Waals surface area contributed by atoms with Crippen LogP contribution in [-0.2, 0) is 22.9 Å². The number of nitrogens with zero attached hydrogens (tertiary/aromatic N) is 1. The van der Waals surface area contributed by atoms with Crippen molar-refractivity contribution in [2.75, 3.05) is 0 Å². The van der Waals surface area contributed by atoms with Crippen LogP contribution in [0.25, 0.3) is 0 Å². The summed E-state index contributed by atoms with van der Waals surface area (Å²) >= 11 is 0. The summed E-state index contributed by atoms with van der Waals surface area (Å²) < 4.78 is 28.6. The van der Waals surface area contributed by atoms with Crippen LogP contribution in [0.15, 0.2) is 58.8 Å². The maximum Gasteiger partial charge on any atom is 0.268 e. The van der Waals surface area contributed by atoms with Gasteiger partial charge in [-0.3, -0.25) is 9.78 Å². The Bertz CT molecular complexity index is 1180. The van der Waals surface area contributed by atoms with Crippen LogP contribution in [-0.4, -0.2) is 29.5 Å². The van der Waals surface area contributed by atoms with Crippen molar-refractivity contribution in [3.63, 3.8) is 0 Å². The van der Waals surface area contributed by atoms with E-state index in [0.717, 1.165) is 31.3 Å². The molecule has 2 aromatic rings. The summed E-state index contributed by atoms with van der Waals surface area (Å²) in [6.07, 6.45) is 11.4. The van der Waals surface area contributed by atoms with Gasteiger partial charge in [0.2, 0.25) is 0 Å². The zero-order valence-electron chi connectivity index (χ0n) is 21.0. The molecule has 3 N–H and O–H groups in total. The predicted molar refractivity (Wildman–Crippen MR) is 138 cm³/mol. The standard InChI is InChI=1S/C27H36N2O5S/c1-5-6-7-12-21-17-24(30)23(15-14-20(4)11-8-10-19(2)3)25(31)26(21)35(33,34)29-27(32)22-13-9-16-28-18-22/h9-10,13-14,16-18,30-31H,5-8,11-12,15H2,1-4H3,(H,29,32). The van der Waals surface area contributed by atoms with Gasteiger partial charge in [0, 0.05) is 18.0 Å². The Labute approximate surface area is 208 Å². The van der Waals surface area contributed by atoms with Crippen LogP contribution in [0.4, 0.5) is 0 Å². The van der Waals surface area contributed by atoms with Crippen LogP contribution < -0.4 is 4.72 Å². The molecule has 190 valence electrons. The SMILES string of the molecule is CCCCCc1cc(O)c(CC=C(C)CCC=C(C)C)c(O)c1S(=O)(=O)NC(=O)c1cccnc1. The third kappa shape index (κ3) is 8.24. The maximum absolute atomic E-state index is 13.3. The second kappa shape index (κ2) is 13.1. The first-order valence-electron chi connectivity index (χ1n) is 11.9. The Morgan fingerprint density at radius 1 is 1.14 bits per heavy atom. The maximum atomic E-state index is 13.3. The number of unbranched alkanes of at least 4 members (excludes halogenated alkanes) is 2. The van der Waals surface area contributed by atoms with Crippen molar-refractivity contribution in [3.8, 4) is 11.5 Å². The normalized spacial score (nSPS) is 11.8. The number of benzene rings is 1. The fourth-order valence-corrected chi connectivity index (χ4v) is 5.02. The van der Waals surface area contributed by atoms with Gasteiger partial charge in [0.05, 0.1) is 5.56 Å². The number of hydrogen-bond donors (Lipinski definition) is 3. The average Bonchev–Trinajstić information content (AvgIpc) is 2.78. The second-order valence-corrected chi connectivity index (χ2v) is 10.5. The number of amides is 1. The molecule has 7 nitrogen and oxygen atoms in total. The summed E-state index contributed by atoms with van der Waals surface area (Å²) in [4.78, 5) is 16.0. The van der Waals surface area contributed by atoms with Crippen LogP contribution >= 0.6 is 0 Å². The minimum atomic E-state index is -4.42. The van der Waals surface area contributed by atoms with Gasteiger partial charge < -0.3 is 10.2 Å². The first-order valence-corrected chi connectivity index (χ1v) is 13.4. The molecule has 0 spiro atoms. The summed E-state index contributed by atoms with van der Waals surface area (Å²) in [5, 5.41) is 21.7. The molecule has 1 amide bonds. The number of allylic oxidation sites excluding steroid dienone is 4. The van der Waals surface area contributed by atoms with E-state index >= 15 is 0 Å². The first kappa shape index (κ1) is 28.1. The smallest absolute Gasteiger partial charge is 0.268 e. The Kier molecular flexibility index (Phi) is 10.5. The van der Waals surface area contributed by atoms with E-state index in [1.54, 1.807) is 0 Å². The zero-order chi connectivity index (χ0) is 26.0. The lowest BCUT2D eigenvalue weighted by atomic mass is 10.00. The lowest BCUT2D eigenvalue weighted by Gasteiger charge is -2.17. The van der Waals surface area contributed by atoms with Crippen molar-refractivity contribution >= 4 is 15.9 Å². The van der Waals surface area contributed by atoms with Crippen LogP contribution in [0.1, 0.15) is 81.3 Å². The molecule has 0 atom stereocenters. The summed E-state index contributed by atoms with van der Waals surface area (Å²) in [5.74, 6) is -1.54. The Morgan fingerprint density at radius 2 is 1.89 bits per heavy atom. The molecule has 1 aromatic heterocycles. The lowest BCUT2D eigenvalue weighted by Crippen LogP contribution is -2.31. The molecule has 0 aliphatic carbocycles. The molecular weight excluding hydrogens is 464 g/mol. The third-order valence-corrected chi connectivity index (χ3v) is 7.07. The molecule has 0 unspecified atom stereocenters. The molecule has 1 heterocycles. The van der Waals surface area contributed by atoms with E-state index in [1.807, 2.05) is 38.5 Å². The van der Waals surface area contributed by atoms with E-state index in [-0.39, 0.29) is 33.8 Å². The van der Waals surface area contributed by atoms with Gasteiger partial charge in [0.15, 0.2) is 0 Å². The number of phenolic OH excluding ortho intramolecular Hbond substituents is 2. The molecule has 0 saturated carbocycles. The van der Waals surface area contributed by atoms with Gasteiger partial charge in [-0.1, -0.05) is 43.1 Å². The summed E-state index contributed by atoms with van der Waals surface area (Å²) in [6, 6.07) is 4.37. The number of sulfonamides is 1. The highest BCUT2D eigenvalue weighted by atomic mass is 32.2. The summed E-state index contributed by atoms with van der Waals surface area (Å²) in [7, 11) is -4.42. The molecule has 35 heavy (non-hydrogen) atoms. The predicted octanol–water partition coefficient (Wildman–Crippen LogP) is 5.58. The number of carbonyl (C=O) groups is 1.